The van der Waals surface area contributed by atoms with E-state index in [1.54, 1.807) is 0 Å². The smallest absolute Gasteiger partial charge is 0.0826 e. The molecule has 0 amide bonds. The average molecular weight is 273 g/mol. The van der Waals surface area contributed by atoms with Gasteiger partial charge in [-0.1, -0.05) is 20.8 Å². The Bertz CT molecular complexity index is 229. The van der Waals surface area contributed by atoms with Crippen molar-refractivity contribution in [2.75, 3.05) is 59.5 Å². The summed E-state index contributed by atoms with van der Waals surface area (Å²) < 4.78 is 5.81. The summed E-state index contributed by atoms with van der Waals surface area (Å²) in [7, 11) is 2.22. The van der Waals surface area contributed by atoms with Gasteiger partial charge < -0.3 is 15.0 Å². The zero-order chi connectivity index (χ0) is 14.1. The van der Waals surface area contributed by atoms with E-state index in [2.05, 4.69) is 42.9 Å². The van der Waals surface area contributed by atoms with Crippen LogP contribution in [0.4, 0.5) is 0 Å². The van der Waals surface area contributed by atoms with Gasteiger partial charge in [0.15, 0.2) is 0 Å². The van der Waals surface area contributed by atoms with Gasteiger partial charge in [-0.2, -0.15) is 0 Å². The van der Waals surface area contributed by atoms with Crippen LogP contribution in [0, 0.1) is 5.92 Å². The molecule has 0 spiro atoms. The lowest BCUT2D eigenvalue weighted by Crippen LogP contribution is -2.48. The summed E-state index contributed by atoms with van der Waals surface area (Å²) in [6, 6.07) is 0. The van der Waals surface area contributed by atoms with Crippen molar-refractivity contribution in [3.05, 3.63) is 0 Å². The highest BCUT2D eigenvalue weighted by molar-refractivity contribution is 4.74. The lowest BCUT2D eigenvalue weighted by Gasteiger charge is -2.34. The van der Waals surface area contributed by atoms with E-state index in [1.807, 2.05) is 0 Å². The predicted octanol–water partition coefficient (Wildman–Crippen LogP) is 1.52. The van der Waals surface area contributed by atoms with Gasteiger partial charge in [0.1, 0.15) is 0 Å². The molecule has 0 bridgehead atoms. The van der Waals surface area contributed by atoms with Crippen LogP contribution >= 0.6 is 0 Å². The Morgan fingerprint density at radius 3 is 2.95 bits per heavy atom. The number of nitrogens with one attached hydrogen (secondary N) is 1. The minimum Gasteiger partial charge on any atom is -0.374 e. The van der Waals surface area contributed by atoms with Crippen molar-refractivity contribution < 1.29 is 6.16 Å². The fourth-order valence-electron chi connectivity index (χ4n) is 2.57. The number of likely N-dealkylation sites (N-methyl/N-ethyl adjacent to an activating group) is 1. The van der Waals surface area contributed by atoms with Gasteiger partial charge in [-0.25, -0.2) is 0 Å². The van der Waals surface area contributed by atoms with Crippen molar-refractivity contribution in [1.82, 2.24) is 15.1 Å². The maximum atomic E-state index is 5.81. The zero-order valence-corrected chi connectivity index (χ0v) is 13.3. The Balaban J connectivity index is 0.00000361. The molecule has 116 valence electrons. The Hall–Kier alpha value is -0.160. The van der Waals surface area contributed by atoms with E-state index < -0.39 is 0 Å². The van der Waals surface area contributed by atoms with Gasteiger partial charge in [0.2, 0.25) is 0 Å². The van der Waals surface area contributed by atoms with Gasteiger partial charge in [-0.15, -0.1) is 0 Å². The lowest BCUT2D eigenvalue weighted by molar-refractivity contribution is -0.0287. The molecule has 1 rings (SSSR count). The molecule has 1 fully saturated rings. The minimum absolute atomic E-state index is 0. The third kappa shape index (κ3) is 7.88. The maximum absolute atomic E-state index is 5.81. The van der Waals surface area contributed by atoms with Crippen LogP contribution < -0.4 is 5.32 Å². The molecule has 4 nitrogen and oxygen atoms in total. The molecule has 0 aliphatic carbocycles. The first-order valence-electron chi connectivity index (χ1n) is 7.85. The van der Waals surface area contributed by atoms with E-state index in [1.165, 1.54) is 13.0 Å². The Morgan fingerprint density at radius 2 is 2.26 bits per heavy atom. The van der Waals surface area contributed by atoms with Crippen molar-refractivity contribution in [3.63, 3.8) is 0 Å². The SMILES string of the molecule is CCCNC[C@@H]1CN(CCN(C)CC(C)C)CCO1.[HH]. The van der Waals surface area contributed by atoms with Crippen LogP contribution in [0.5, 0.6) is 0 Å². The van der Waals surface area contributed by atoms with Crippen molar-refractivity contribution >= 4 is 0 Å². The largest absolute Gasteiger partial charge is 0.374 e. The molecule has 1 saturated heterocycles. The van der Waals surface area contributed by atoms with Crippen LogP contribution in [-0.4, -0.2) is 75.4 Å². The van der Waals surface area contributed by atoms with Crippen molar-refractivity contribution in [2.45, 2.75) is 33.3 Å². The van der Waals surface area contributed by atoms with Crippen molar-refractivity contribution in [1.29, 1.82) is 0 Å². The van der Waals surface area contributed by atoms with Gasteiger partial charge in [0, 0.05) is 40.7 Å². The van der Waals surface area contributed by atoms with Crippen LogP contribution in [0.25, 0.3) is 0 Å². The highest BCUT2D eigenvalue weighted by atomic mass is 16.5. The van der Waals surface area contributed by atoms with Gasteiger partial charge in [-0.3, -0.25) is 4.90 Å². The highest BCUT2D eigenvalue weighted by Gasteiger charge is 2.19. The van der Waals surface area contributed by atoms with Gasteiger partial charge in [0.05, 0.1) is 12.7 Å². The lowest BCUT2D eigenvalue weighted by atomic mass is 10.2. The standard InChI is InChI=1S/C15H33N3O.H2/c1-5-6-16-11-15-13-18(9-10-19-15)8-7-17(4)12-14(2)3;/h14-16H,5-13H2,1-4H3;1H/t15-;/m1./s1. The summed E-state index contributed by atoms with van der Waals surface area (Å²) in [6.07, 6.45) is 1.56. The van der Waals surface area contributed by atoms with Crippen molar-refractivity contribution in [2.24, 2.45) is 5.92 Å². The summed E-state index contributed by atoms with van der Waals surface area (Å²) in [6.45, 7) is 15.4. The van der Waals surface area contributed by atoms with Crippen molar-refractivity contribution in [3.8, 4) is 0 Å². The van der Waals surface area contributed by atoms with Crippen LogP contribution in [0.1, 0.15) is 28.6 Å². The molecule has 0 aromatic heterocycles. The first kappa shape index (κ1) is 16.9. The summed E-state index contributed by atoms with van der Waals surface area (Å²) in [5.74, 6) is 0.751. The fraction of sp³-hybridized carbons (Fsp3) is 1.00. The molecule has 1 aliphatic rings. The number of hydrogen-bond donors (Lipinski definition) is 1. The number of morpholine rings is 1. The Kier molecular flexibility index (Phi) is 8.62. The average Bonchev–Trinajstić information content (AvgIpc) is 2.36. The first-order chi connectivity index (χ1) is 9.11. The van der Waals surface area contributed by atoms with Gasteiger partial charge in [-0.05, 0) is 25.9 Å². The Morgan fingerprint density at radius 1 is 1.47 bits per heavy atom. The molecule has 1 heterocycles. The van der Waals surface area contributed by atoms with E-state index in [-0.39, 0.29) is 1.43 Å². The van der Waals surface area contributed by atoms with E-state index >= 15 is 0 Å². The van der Waals surface area contributed by atoms with Crippen LogP contribution in [0.15, 0.2) is 0 Å². The topological polar surface area (TPSA) is 27.7 Å². The van der Waals surface area contributed by atoms with Crippen LogP contribution in [-0.2, 0) is 4.74 Å². The molecule has 0 aromatic rings. The number of rotatable bonds is 9. The number of nitrogens with zero attached hydrogens (tertiary/aromatic N) is 2. The summed E-state index contributed by atoms with van der Waals surface area (Å²) in [5, 5.41) is 3.45. The van der Waals surface area contributed by atoms with E-state index in [0.29, 0.717) is 6.10 Å². The quantitative estimate of drug-likeness (QED) is 0.645. The first-order valence-corrected chi connectivity index (χ1v) is 7.85. The molecular weight excluding hydrogens is 238 g/mol. The predicted molar refractivity (Wildman–Crippen MR) is 83.8 cm³/mol. The van der Waals surface area contributed by atoms with Crippen LogP contribution in [0.3, 0.4) is 0 Å². The second kappa shape index (κ2) is 9.70. The van der Waals surface area contributed by atoms with Crippen LogP contribution in [0.2, 0.25) is 0 Å². The molecule has 1 aliphatic heterocycles. The molecule has 0 saturated carbocycles. The normalized spacial score (nSPS) is 21.5. The molecule has 1 atom stereocenters. The second-order valence-electron chi connectivity index (χ2n) is 6.15. The minimum atomic E-state index is 0. The number of ether oxygens (including phenoxy) is 1. The van der Waals surface area contributed by atoms with Gasteiger partial charge >= 0.3 is 0 Å². The monoisotopic (exact) mass is 273 g/mol. The summed E-state index contributed by atoms with van der Waals surface area (Å²) in [4.78, 5) is 4.98. The summed E-state index contributed by atoms with van der Waals surface area (Å²) >= 11 is 0. The van der Waals surface area contributed by atoms with Gasteiger partial charge in [0.25, 0.3) is 0 Å². The number of hydrogen-bond acceptors (Lipinski definition) is 4. The molecule has 1 N–H and O–H groups in total. The zero-order valence-electron chi connectivity index (χ0n) is 13.3. The molecule has 0 unspecified atom stereocenters. The van der Waals surface area contributed by atoms with E-state index in [4.69, 9.17) is 4.74 Å². The molecule has 0 aromatic carbocycles. The summed E-state index contributed by atoms with van der Waals surface area (Å²) in [5.41, 5.74) is 0. The van der Waals surface area contributed by atoms with E-state index in [0.717, 1.165) is 51.8 Å². The maximum Gasteiger partial charge on any atom is 0.0826 e. The second-order valence-corrected chi connectivity index (χ2v) is 6.15. The molecule has 19 heavy (non-hydrogen) atoms. The highest BCUT2D eigenvalue weighted by Crippen LogP contribution is 2.05. The fourth-order valence-corrected chi connectivity index (χ4v) is 2.57. The third-order valence-corrected chi connectivity index (χ3v) is 3.50. The van der Waals surface area contributed by atoms with E-state index in [9.17, 15) is 0 Å². The Labute approximate surface area is 121 Å². The molecule has 4 heteroatoms. The third-order valence-electron chi connectivity index (χ3n) is 3.50. The molecule has 0 radical (unpaired) electrons. The molecular formula is C15H35N3O.